The average molecular weight is 264 g/mol. The van der Waals surface area contributed by atoms with Gasteiger partial charge in [-0.3, -0.25) is 4.79 Å². The lowest BCUT2D eigenvalue weighted by atomic mass is 10.1. The number of carbonyl (C=O) groups excluding carboxylic acids is 1. The van der Waals surface area contributed by atoms with E-state index in [1.165, 1.54) is 42.1 Å². The number of benzene rings is 2. The Kier molecular flexibility index (Phi) is 4.10. The smallest absolute Gasteiger partial charge is 0.173 e. The first-order chi connectivity index (χ1) is 8.65. The quantitative estimate of drug-likeness (QED) is 0.614. The summed E-state index contributed by atoms with van der Waals surface area (Å²) in [5, 5.41) is 0. The molecule has 0 unspecified atom stereocenters. The number of thioether (sulfide) groups is 1. The van der Waals surface area contributed by atoms with E-state index in [1.54, 1.807) is 18.2 Å². The Labute approximate surface area is 108 Å². The van der Waals surface area contributed by atoms with E-state index in [-0.39, 0.29) is 17.4 Å². The first-order valence-electron chi connectivity index (χ1n) is 5.32. The van der Waals surface area contributed by atoms with Crippen molar-refractivity contribution >= 4 is 17.5 Å². The topological polar surface area (TPSA) is 17.1 Å². The number of Topliss-reactive ketones (excluding diaryl/α,β-unsaturated/α-hetero) is 1. The summed E-state index contributed by atoms with van der Waals surface area (Å²) in [5.41, 5.74) is 0.351. The molecule has 0 saturated carbocycles. The predicted molar refractivity (Wildman–Crippen MR) is 67.9 cm³/mol. The van der Waals surface area contributed by atoms with Crippen LogP contribution in [0.25, 0.3) is 0 Å². The van der Waals surface area contributed by atoms with Gasteiger partial charge in [0.1, 0.15) is 11.6 Å². The van der Waals surface area contributed by atoms with Crippen LogP contribution in [0, 0.1) is 11.6 Å². The molecule has 0 spiro atoms. The van der Waals surface area contributed by atoms with Crippen LogP contribution in [0.1, 0.15) is 10.4 Å². The first-order valence-corrected chi connectivity index (χ1v) is 6.31. The molecule has 0 fully saturated rings. The Morgan fingerprint density at radius 3 is 2.39 bits per heavy atom. The Morgan fingerprint density at radius 2 is 1.72 bits per heavy atom. The highest BCUT2D eigenvalue weighted by Gasteiger charge is 2.07. The van der Waals surface area contributed by atoms with E-state index < -0.39 is 5.82 Å². The van der Waals surface area contributed by atoms with Crippen LogP contribution in [0.15, 0.2) is 53.4 Å². The zero-order chi connectivity index (χ0) is 13.0. The molecule has 0 aliphatic rings. The summed E-state index contributed by atoms with van der Waals surface area (Å²) in [6.07, 6.45) is 0. The minimum Gasteiger partial charge on any atom is -0.293 e. The van der Waals surface area contributed by atoms with E-state index in [4.69, 9.17) is 0 Å². The maximum Gasteiger partial charge on any atom is 0.173 e. The molecular formula is C14H10F2OS. The average Bonchev–Trinajstić information content (AvgIpc) is 2.38. The third-order valence-electron chi connectivity index (χ3n) is 2.33. The fourth-order valence-electron chi connectivity index (χ4n) is 1.42. The van der Waals surface area contributed by atoms with Crippen LogP contribution in [0.5, 0.6) is 0 Å². The molecule has 2 aromatic rings. The van der Waals surface area contributed by atoms with Gasteiger partial charge in [0.2, 0.25) is 0 Å². The molecule has 0 aliphatic carbocycles. The summed E-state index contributed by atoms with van der Waals surface area (Å²) in [4.78, 5) is 12.6. The SMILES string of the molecule is O=C(CSc1ccc(F)cc1)c1cccc(F)c1. The number of carbonyl (C=O) groups is 1. The first kappa shape index (κ1) is 12.8. The van der Waals surface area contributed by atoms with Gasteiger partial charge in [-0.25, -0.2) is 8.78 Å². The number of rotatable bonds is 4. The molecule has 0 N–H and O–H groups in total. The predicted octanol–water partition coefficient (Wildman–Crippen LogP) is 3.94. The van der Waals surface area contributed by atoms with Crippen molar-refractivity contribution in [2.75, 3.05) is 5.75 Å². The molecule has 0 aromatic heterocycles. The van der Waals surface area contributed by atoms with Crippen LogP contribution >= 0.6 is 11.8 Å². The zero-order valence-corrected chi connectivity index (χ0v) is 10.2. The summed E-state index contributed by atoms with van der Waals surface area (Å²) in [6.45, 7) is 0. The van der Waals surface area contributed by atoms with Gasteiger partial charge < -0.3 is 0 Å². The van der Waals surface area contributed by atoms with E-state index in [9.17, 15) is 13.6 Å². The van der Waals surface area contributed by atoms with Crippen LogP contribution < -0.4 is 0 Å². The fourth-order valence-corrected chi connectivity index (χ4v) is 2.22. The summed E-state index contributed by atoms with van der Waals surface area (Å²) >= 11 is 1.30. The van der Waals surface area contributed by atoms with Gasteiger partial charge in [-0.2, -0.15) is 0 Å². The lowest BCUT2D eigenvalue weighted by molar-refractivity contribution is 0.102. The third-order valence-corrected chi connectivity index (χ3v) is 3.34. The number of hydrogen-bond donors (Lipinski definition) is 0. The van der Waals surface area contributed by atoms with Crippen molar-refractivity contribution in [2.24, 2.45) is 0 Å². The monoisotopic (exact) mass is 264 g/mol. The van der Waals surface area contributed by atoms with E-state index in [2.05, 4.69) is 0 Å². The molecular weight excluding hydrogens is 254 g/mol. The molecule has 4 heteroatoms. The second kappa shape index (κ2) is 5.78. The Morgan fingerprint density at radius 1 is 1.00 bits per heavy atom. The summed E-state index contributed by atoms with van der Waals surface area (Å²) < 4.78 is 25.6. The third kappa shape index (κ3) is 3.40. The minimum atomic E-state index is -0.423. The second-order valence-electron chi connectivity index (χ2n) is 3.68. The van der Waals surface area contributed by atoms with Crippen molar-refractivity contribution < 1.29 is 13.6 Å². The van der Waals surface area contributed by atoms with Gasteiger partial charge in [-0.15, -0.1) is 11.8 Å². The van der Waals surface area contributed by atoms with Crippen molar-refractivity contribution in [2.45, 2.75) is 4.90 Å². The van der Waals surface area contributed by atoms with Gasteiger partial charge in [0.05, 0.1) is 5.75 Å². The maximum atomic E-state index is 12.9. The van der Waals surface area contributed by atoms with Crippen molar-refractivity contribution in [1.82, 2.24) is 0 Å². The fraction of sp³-hybridized carbons (Fsp3) is 0.0714. The molecule has 0 bridgehead atoms. The second-order valence-corrected chi connectivity index (χ2v) is 4.72. The Balaban J connectivity index is 1.98. The maximum absolute atomic E-state index is 12.9. The summed E-state index contributed by atoms with van der Waals surface area (Å²) in [7, 11) is 0. The Hall–Kier alpha value is -1.68. The van der Waals surface area contributed by atoms with Crippen molar-refractivity contribution in [3.63, 3.8) is 0 Å². The van der Waals surface area contributed by atoms with Gasteiger partial charge in [0, 0.05) is 10.5 Å². The molecule has 0 radical (unpaired) electrons. The van der Waals surface area contributed by atoms with Gasteiger partial charge in [0.25, 0.3) is 0 Å². The van der Waals surface area contributed by atoms with E-state index in [1.807, 2.05) is 0 Å². The molecule has 1 nitrogen and oxygen atoms in total. The highest BCUT2D eigenvalue weighted by molar-refractivity contribution is 8.00. The van der Waals surface area contributed by atoms with Crippen LogP contribution in [0.2, 0.25) is 0 Å². The van der Waals surface area contributed by atoms with Gasteiger partial charge >= 0.3 is 0 Å². The molecule has 0 aliphatic heterocycles. The lowest BCUT2D eigenvalue weighted by Gasteiger charge is -2.02. The molecule has 0 saturated heterocycles. The van der Waals surface area contributed by atoms with Crippen molar-refractivity contribution in [3.8, 4) is 0 Å². The molecule has 92 valence electrons. The molecule has 2 rings (SSSR count). The molecule has 0 atom stereocenters. The van der Waals surface area contributed by atoms with Crippen molar-refractivity contribution in [1.29, 1.82) is 0 Å². The van der Waals surface area contributed by atoms with Gasteiger partial charge in [-0.05, 0) is 36.4 Å². The number of hydrogen-bond acceptors (Lipinski definition) is 2. The van der Waals surface area contributed by atoms with E-state index in [0.717, 1.165) is 4.90 Å². The number of halogens is 2. The summed E-state index contributed by atoms with van der Waals surface area (Å²) in [5.74, 6) is -0.679. The lowest BCUT2D eigenvalue weighted by Crippen LogP contribution is -2.02. The summed E-state index contributed by atoms with van der Waals surface area (Å²) in [6, 6.07) is 11.5. The largest absolute Gasteiger partial charge is 0.293 e. The minimum absolute atomic E-state index is 0.149. The van der Waals surface area contributed by atoms with Crippen LogP contribution in [-0.2, 0) is 0 Å². The highest BCUT2D eigenvalue weighted by atomic mass is 32.2. The number of ketones is 1. The van der Waals surface area contributed by atoms with Crippen LogP contribution in [0.3, 0.4) is 0 Å². The van der Waals surface area contributed by atoms with E-state index in [0.29, 0.717) is 5.56 Å². The molecule has 0 amide bonds. The standard InChI is InChI=1S/C14H10F2OS/c15-11-4-6-13(7-5-11)18-9-14(17)10-2-1-3-12(16)8-10/h1-8H,9H2. The van der Waals surface area contributed by atoms with Crippen molar-refractivity contribution in [3.05, 3.63) is 65.7 Å². The van der Waals surface area contributed by atoms with Gasteiger partial charge in [0.15, 0.2) is 5.78 Å². The van der Waals surface area contributed by atoms with Gasteiger partial charge in [-0.1, -0.05) is 12.1 Å². The van der Waals surface area contributed by atoms with Crippen LogP contribution in [0.4, 0.5) is 8.78 Å². The molecule has 18 heavy (non-hydrogen) atoms. The van der Waals surface area contributed by atoms with Crippen LogP contribution in [-0.4, -0.2) is 11.5 Å². The normalized spacial score (nSPS) is 10.3. The zero-order valence-electron chi connectivity index (χ0n) is 9.40. The molecule has 2 aromatic carbocycles. The highest BCUT2D eigenvalue weighted by Crippen LogP contribution is 2.19. The molecule has 0 heterocycles. The Bertz CT molecular complexity index is 552. The van der Waals surface area contributed by atoms with E-state index >= 15 is 0 Å².